The van der Waals surface area contributed by atoms with Gasteiger partial charge in [-0.05, 0) is 37.1 Å². The zero-order valence-electron chi connectivity index (χ0n) is 16.3. The van der Waals surface area contributed by atoms with Crippen molar-refractivity contribution in [3.05, 3.63) is 45.8 Å². The van der Waals surface area contributed by atoms with Gasteiger partial charge in [-0.15, -0.1) is 11.3 Å². The third-order valence-electron chi connectivity index (χ3n) is 4.00. The predicted molar refractivity (Wildman–Crippen MR) is 107 cm³/mol. The number of amides is 1. The van der Waals surface area contributed by atoms with Crippen molar-refractivity contribution in [1.29, 1.82) is 0 Å². The Bertz CT molecular complexity index is 874. The Balaban J connectivity index is 2.29. The third kappa shape index (κ3) is 4.89. The summed E-state index contributed by atoms with van der Waals surface area (Å²) in [6.45, 7) is 4.24. The summed E-state index contributed by atoms with van der Waals surface area (Å²) in [5, 5.41) is 2.92. The van der Waals surface area contributed by atoms with Crippen molar-refractivity contribution in [3.63, 3.8) is 0 Å². The second-order valence-electron chi connectivity index (χ2n) is 5.93. The molecule has 0 fully saturated rings. The van der Waals surface area contributed by atoms with Crippen LogP contribution in [-0.2, 0) is 9.47 Å². The molecule has 0 radical (unpaired) electrons. The van der Waals surface area contributed by atoms with E-state index in [1.807, 2.05) is 0 Å². The lowest BCUT2D eigenvalue weighted by molar-refractivity contribution is 0.0601. The number of carbonyl (C=O) groups excluding carboxylic acids is 3. The van der Waals surface area contributed by atoms with Gasteiger partial charge in [-0.1, -0.05) is 19.4 Å². The van der Waals surface area contributed by atoms with Crippen molar-refractivity contribution in [2.75, 3.05) is 26.1 Å². The Morgan fingerprint density at radius 2 is 1.82 bits per heavy atom. The summed E-state index contributed by atoms with van der Waals surface area (Å²) >= 11 is 0.968. The monoisotopic (exact) mass is 405 g/mol. The number of esters is 2. The van der Waals surface area contributed by atoms with Crippen LogP contribution in [-0.4, -0.2) is 38.7 Å². The summed E-state index contributed by atoms with van der Waals surface area (Å²) in [6, 6.07) is 6.76. The van der Waals surface area contributed by atoms with Crippen LogP contribution in [0.4, 0.5) is 5.00 Å². The van der Waals surface area contributed by atoms with E-state index in [1.165, 1.54) is 14.2 Å². The maximum atomic E-state index is 12.7. The fourth-order valence-corrected chi connectivity index (χ4v) is 3.58. The molecule has 1 N–H and O–H groups in total. The van der Waals surface area contributed by atoms with Crippen LogP contribution in [0.25, 0.3) is 0 Å². The molecule has 1 aromatic heterocycles. The first-order valence-electron chi connectivity index (χ1n) is 8.77. The molecule has 0 saturated heterocycles. The van der Waals surface area contributed by atoms with Gasteiger partial charge in [0.15, 0.2) is 0 Å². The van der Waals surface area contributed by atoms with E-state index in [0.29, 0.717) is 23.5 Å². The van der Waals surface area contributed by atoms with E-state index in [9.17, 15) is 14.4 Å². The first kappa shape index (κ1) is 21.4. The Morgan fingerprint density at radius 3 is 2.46 bits per heavy atom. The smallest absolute Gasteiger partial charge is 0.348 e. The van der Waals surface area contributed by atoms with Gasteiger partial charge in [0.05, 0.1) is 26.4 Å². The topological polar surface area (TPSA) is 90.9 Å². The van der Waals surface area contributed by atoms with Crippen LogP contribution in [0.3, 0.4) is 0 Å². The lowest BCUT2D eigenvalue weighted by Crippen LogP contribution is -2.14. The number of unbranched alkanes of at least 4 members (excludes halogenated alkanes) is 1. The molecule has 150 valence electrons. The number of hydrogen-bond donors (Lipinski definition) is 1. The second-order valence-corrected chi connectivity index (χ2v) is 6.95. The quantitative estimate of drug-likeness (QED) is 0.526. The number of hydrogen-bond acceptors (Lipinski definition) is 7. The number of ether oxygens (including phenoxy) is 3. The van der Waals surface area contributed by atoms with Crippen LogP contribution in [0.15, 0.2) is 24.3 Å². The van der Waals surface area contributed by atoms with Crippen molar-refractivity contribution in [2.24, 2.45) is 0 Å². The highest BCUT2D eigenvalue weighted by Crippen LogP contribution is 2.34. The summed E-state index contributed by atoms with van der Waals surface area (Å²) < 4.78 is 15.2. The minimum Gasteiger partial charge on any atom is -0.494 e. The van der Waals surface area contributed by atoms with Crippen molar-refractivity contribution in [3.8, 4) is 5.75 Å². The number of methoxy groups -OCH3 is 2. The minimum absolute atomic E-state index is 0.136. The molecular formula is C20H23NO6S. The SMILES string of the molecule is CCCCOc1cccc(C(=O)Nc2sc(C(=O)OC)c(C)c2C(=O)OC)c1. The van der Waals surface area contributed by atoms with Gasteiger partial charge >= 0.3 is 11.9 Å². The standard InChI is InChI=1S/C20H23NO6S/c1-5-6-10-27-14-9-7-8-13(11-14)17(22)21-18-15(19(23)25-3)12(2)16(28-18)20(24)26-4/h7-9,11H,5-6,10H2,1-4H3,(H,21,22). The maximum Gasteiger partial charge on any atom is 0.348 e. The average Bonchev–Trinajstić information content (AvgIpc) is 3.03. The highest BCUT2D eigenvalue weighted by molar-refractivity contribution is 7.18. The maximum absolute atomic E-state index is 12.7. The van der Waals surface area contributed by atoms with Crippen molar-refractivity contribution in [2.45, 2.75) is 26.7 Å². The number of benzene rings is 1. The van der Waals surface area contributed by atoms with E-state index < -0.39 is 17.8 Å². The fraction of sp³-hybridized carbons (Fsp3) is 0.350. The molecule has 0 atom stereocenters. The van der Waals surface area contributed by atoms with Gasteiger partial charge in [-0.2, -0.15) is 0 Å². The molecule has 0 spiro atoms. The Kier molecular flexibility index (Phi) is 7.57. The van der Waals surface area contributed by atoms with E-state index in [0.717, 1.165) is 24.2 Å². The van der Waals surface area contributed by atoms with Crippen molar-refractivity contribution < 1.29 is 28.6 Å². The molecule has 1 aromatic carbocycles. The van der Waals surface area contributed by atoms with Gasteiger partial charge < -0.3 is 19.5 Å². The number of nitrogens with one attached hydrogen (secondary N) is 1. The minimum atomic E-state index is -0.643. The molecular weight excluding hydrogens is 382 g/mol. The van der Waals surface area contributed by atoms with Gasteiger partial charge in [0.1, 0.15) is 15.6 Å². The second kappa shape index (κ2) is 9.89. The Hall–Kier alpha value is -2.87. The first-order valence-corrected chi connectivity index (χ1v) is 9.58. The number of thiophene rings is 1. The normalized spacial score (nSPS) is 10.3. The zero-order chi connectivity index (χ0) is 20.7. The predicted octanol–water partition coefficient (Wildman–Crippen LogP) is 4.06. The molecule has 0 aliphatic carbocycles. The van der Waals surface area contributed by atoms with Crippen LogP contribution in [0.1, 0.15) is 55.7 Å². The molecule has 28 heavy (non-hydrogen) atoms. The summed E-state index contributed by atoms with van der Waals surface area (Å²) in [5.41, 5.74) is 0.905. The zero-order valence-corrected chi connectivity index (χ0v) is 17.1. The Labute approximate surface area is 167 Å². The highest BCUT2D eigenvalue weighted by Gasteiger charge is 2.27. The number of rotatable bonds is 8. The van der Waals surface area contributed by atoms with E-state index in [4.69, 9.17) is 14.2 Å². The molecule has 0 unspecified atom stereocenters. The van der Waals surface area contributed by atoms with Gasteiger partial charge in [0, 0.05) is 5.56 Å². The lowest BCUT2D eigenvalue weighted by atomic mass is 10.1. The van der Waals surface area contributed by atoms with Crippen LogP contribution < -0.4 is 10.1 Å². The van der Waals surface area contributed by atoms with Gasteiger partial charge in [0.25, 0.3) is 5.91 Å². The summed E-state index contributed by atoms with van der Waals surface area (Å²) in [4.78, 5) is 37.0. The summed E-state index contributed by atoms with van der Waals surface area (Å²) in [7, 11) is 2.49. The van der Waals surface area contributed by atoms with Crippen LogP contribution in [0.5, 0.6) is 5.75 Å². The van der Waals surface area contributed by atoms with Crippen LogP contribution in [0.2, 0.25) is 0 Å². The van der Waals surface area contributed by atoms with E-state index in [-0.39, 0.29) is 15.4 Å². The largest absolute Gasteiger partial charge is 0.494 e. The van der Waals surface area contributed by atoms with Gasteiger partial charge in [0.2, 0.25) is 0 Å². The van der Waals surface area contributed by atoms with Gasteiger partial charge in [-0.3, -0.25) is 4.79 Å². The van der Waals surface area contributed by atoms with E-state index in [1.54, 1.807) is 31.2 Å². The summed E-state index contributed by atoms with van der Waals surface area (Å²) in [6.07, 6.45) is 1.93. The van der Waals surface area contributed by atoms with E-state index in [2.05, 4.69) is 12.2 Å². The van der Waals surface area contributed by atoms with Crippen LogP contribution in [0, 0.1) is 6.92 Å². The molecule has 0 aliphatic rings. The molecule has 2 aromatic rings. The van der Waals surface area contributed by atoms with Crippen molar-refractivity contribution >= 4 is 34.2 Å². The molecule has 7 nitrogen and oxygen atoms in total. The van der Waals surface area contributed by atoms with Gasteiger partial charge in [-0.25, -0.2) is 9.59 Å². The molecule has 1 heterocycles. The van der Waals surface area contributed by atoms with Crippen LogP contribution >= 0.6 is 11.3 Å². The Morgan fingerprint density at radius 1 is 1.11 bits per heavy atom. The molecule has 1 amide bonds. The first-order chi connectivity index (χ1) is 13.4. The highest BCUT2D eigenvalue weighted by atomic mass is 32.1. The average molecular weight is 405 g/mol. The fourth-order valence-electron chi connectivity index (χ4n) is 2.47. The molecule has 0 aliphatic heterocycles. The number of carbonyl (C=O) groups is 3. The molecule has 8 heteroatoms. The van der Waals surface area contributed by atoms with Crippen molar-refractivity contribution in [1.82, 2.24) is 0 Å². The molecule has 0 saturated carbocycles. The van der Waals surface area contributed by atoms with E-state index >= 15 is 0 Å². The lowest BCUT2D eigenvalue weighted by Gasteiger charge is -2.09. The molecule has 2 rings (SSSR count). The third-order valence-corrected chi connectivity index (χ3v) is 5.18. The summed E-state index contributed by atoms with van der Waals surface area (Å²) in [5.74, 6) is -1.06. The molecule has 0 bridgehead atoms. The number of anilines is 1.